The molecule has 0 saturated heterocycles. The Morgan fingerprint density at radius 2 is 2.26 bits per heavy atom. The highest BCUT2D eigenvalue weighted by molar-refractivity contribution is 9.10. The first-order chi connectivity index (χ1) is 9.08. The van der Waals surface area contributed by atoms with Crippen LogP contribution in [0.4, 0.5) is 5.69 Å². The summed E-state index contributed by atoms with van der Waals surface area (Å²) < 4.78 is 1.13. The molecule has 1 aromatic rings. The Morgan fingerprint density at radius 1 is 1.47 bits per heavy atom. The highest BCUT2D eigenvalue weighted by Gasteiger charge is 2.19. The lowest BCUT2D eigenvalue weighted by Crippen LogP contribution is -2.09. The van der Waals surface area contributed by atoms with Gasteiger partial charge in [0.1, 0.15) is 0 Å². The van der Waals surface area contributed by atoms with E-state index in [1.807, 2.05) is 11.8 Å². The fourth-order valence-electron chi connectivity index (χ4n) is 2.24. The van der Waals surface area contributed by atoms with Gasteiger partial charge in [0, 0.05) is 15.9 Å². The van der Waals surface area contributed by atoms with Crippen LogP contribution in [-0.4, -0.2) is 17.0 Å². The Kier molecular flexibility index (Phi) is 5.34. The van der Waals surface area contributed by atoms with Crippen LogP contribution >= 0.6 is 27.7 Å². The van der Waals surface area contributed by atoms with Crippen molar-refractivity contribution in [3.63, 3.8) is 0 Å². The number of halogens is 1. The van der Waals surface area contributed by atoms with Crippen molar-refractivity contribution in [1.82, 2.24) is 0 Å². The van der Waals surface area contributed by atoms with Gasteiger partial charge in [-0.25, -0.2) is 0 Å². The zero-order chi connectivity index (χ0) is 13.8. The van der Waals surface area contributed by atoms with Crippen molar-refractivity contribution in [2.75, 3.05) is 11.1 Å². The predicted molar refractivity (Wildman–Crippen MR) is 90.3 cm³/mol. The highest BCUT2D eigenvalue weighted by atomic mass is 79.9. The summed E-state index contributed by atoms with van der Waals surface area (Å²) in [6.45, 7) is 6.70. The van der Waals surface area contributed by atoms with E-state index in [0.29, 0.717) is 12.0 Å². The Balaban J connectivity index is 2.06. The molecule has 1 atom stereocenters. The maximum atomic E-state index is 4.78. The van der Waals surface area contributed by atoms with Crippen molar-refractivity contribution < 1.29 is 0 Å². The lowest BCUT2D eigenvalue weighted by atomic mass is 10.1. The molecule has 4 heteroatoms. The molecule has 0 saturated carbocycles. The lowest BCUT2D eigenvalue weighted by Gasteiger charge is -2.10. The van der Waals surface area contributed by atoms with Gasteiger partial charge in [0.25, 0.3) is 0 Å². The molecular formula is C15H21BrN2S. The number of amidine groups is 1. The molecule has 0 bridgehead atoms. The zero-order valence-corrected chi connectivity index (χ0v) is 14.1. The molecule has 1 N–H and O–H groups in total. The van der Waals surface area contributed by atoms with E-state index in [2.05, 4.69) is 60.2 Å². The molecule has 104 valence electrons. The van der Waals surface area contributed by atoms with Crippen molar-refractivity contribution in [3.8, 4) is 0 Å². The molecule has 0 radical (unpaired) electrons. The van der Waals surface area contributed by atoms with Crippen LogP contribution in [0.15, 0.2) is 27.7 Å². The maximum absolute atomic E-state index is 4.78. The minimum absolute atomic E-state index is 0.480. The summed E-state index contributed by atoms with van der Waals surface area (Å²) in [5.41, 5.74) is 2.51. The van der Waals surface area contributed by atoms with E-state index in [1.165, 1.54) is 17.7 Å². The van der Waals surface area contributed by atoms with Gasteiger partial charge < -0.3 is 5.32 Å². The second-order valence-electron chi connectivity index (χ2n) is 5.31. The van der Waals surface area contributed by atoms with Crippen molar-refractivity contribution in [2.24, 2.45) is 10.9 Å². The average molecular weight is 341 g/mol. The molecule has 0 aliphatic carbocycles. The van der Waals surface area contributed by atoms with E-state index in [9.17, 15) is 0 Å². The Morgan fingerprint density at radius 3 is 2.95 bits per heavy atom. The van der Waals surface area contributed by atoms with Crippen LogP contribution in [0, 0.1) is 5.92 Å². The molecule has 1 aromatic carbocycles. The molecule has 19 heavy (non-hydrogen) atoms. The fraction of sp³-hybridized carbons (Fsp3) is 0.533. The minimum atomic E-state index is 0.480. The molecule has 1 unspecified atom stereocenters. The van der Waals surface area contributed by atoms with E-state index < -0.39 is 0 Å². The molecule has 1 aliphatic heterocycles. The number of aliphatic imine (C=N–C) groups is 1. The molecule has 0 amide bonds. The summed E-state index contributed by atoms with van der Waals surface area (Å²) in [6.07, 6.45) is 2.20. The SMILES string of the molecule is CCc1cc(Br)ccc1NC1=NC(CC(C)C)CS1. The summed E-state index contributed by atoms with van der Waals surface area (Å²) in [5, 5.41) is 4.55. The molecule has 1 aliphatic rings. The second-order valence-corrected chi connectivity index (χ2v) is 7.23. The second kappa shape index (κ2) is 6.80. The van der Waals surface area contributed by atoms with Gasteiger partial charge in [0.05, 0.1) is 6.04 Å². The average Bonchev–Trinajstić information content (AvgIpc) is 2.78. The van der Waals surface area contributed by atoms with Gasteiger partial charge in [-0.1, -0.05) is 48.5 Å². The largest absolute Gasteiger partial charge is 0.335 e. The summed E-state index contributed by atoms with van der Waals surface area (Å²) in [5.74, 6) is 1.82. The third-order valence-corrected chi connectivity index (χ3v) is 4.67. The van der Waals surface area contributed by atoms with Crippen LogP contribution in [-0.2, 0) is 6.42 Å². The Hall–Kier alpha value is -0.480. The Bertz CT molecular complexity index is 471. The molecular weight excluding hydrogens is 320 g/mol. The number of rotatable bonds is 4. The van der Waals surface area contributed by atoms with Crippen LogP contribution in [0.2, 0.25) is 0 Å². The van der Waals surface area contributed by atoms with E-state index >= 15 is 0 Å². The van der Waals surface area contributed by atoms with E-state index in [1.54, 1.807) is 0 Å². The van der Waals surface area contributed by atoms with Gasteiger partial charge in [0.2, 0.25) is 0 Å². The van der Waals surface area contributed by atoms with Crippen molar-refractivity contribution in [1.29, 1.82) is 0 Å². The first-order valence-corrected chi connectivity index (χ1v) is 8.62. The standard InChI is InChI=1S/C15H21BrN2S/c1-4-11-8-12(16)5-6-14(11)18-15-17-13(9-19-15)7-10(2)3/h5-6,8,10,13H,4,7,9H2,1-3H3,(H,17,18). The lowest BCUT2D eigenvalue weighted by molar-refractivity contribution is 0.529. The summed E-state index contributed by atoms with van der Waals surface area (Å²) >= 11 is 5.36. The fourth-order valence-corrected chi connectivity index (χ4v) is 3.62. The molecule has 0 aromatic heterocycles. The van der Waals surface area contributed by atoms with E-state index in [-0.39, 0.29) is 0 Å². The van der Waals surface area contributed by atoms with Gasteiger partial charge in [-0.2, -0.15) is 0 Å². The van der Waals surface area contributed by atoms with Gasteiger partial charge in [-0.05, 0) is 42.5 Å². The van der Waals surface area contributed by atoms with Crippen LogP contribution in [0.25, 0.3) is 0 Å². The molecule has 0 fully saturated rings. The summed E-state index contributed by atoms with van der Waals surface area (Å²) in [7, 11) is 0. The predicted octanol–water partition coefficient (Wildman–Crippen LogP) is 4.94. The number of nitrogens with one attached hydrogen (secondary N) is 1. The quantitative estimate of drug-likeness (QED) is 0.839. The van der Waals surface area contributed by atoms with Crippen molar-refractivity contribution >= 4 is 38.5 Å². The van der Waals surface area contributed by atoms with Crippen LogP contribution in [0.3, 0.4) is 0 Å². The normalized spacial score (nSPS) is 18.8. The van der Waals surface area contributed by atoms with Crippen molar-refractivity contribution in [2.45, 2.75) is 39.7 Å². The number of benzene rings is 1. The maximum Gasteiger partial charge on any atom is 0.161 e. The van der Waals surface area contributed by atoms with Crippen LogP contribution in [0.5, 0.6) is 0 Å². The highest BCUT2D eigenvalue weighted by Crippen LogP contribution is 2.27. The topological polar surface area (TPSA) is 24.4 Å². The summed E-state index contributed by atoms with van der Waals surface area (Å²) in [4.78, 5) is 4.78. The first kappa shape index (κ1) is 14.9. The Labute approximate surface area is 128 Å². The smallest absolute Gasteiger partial charge is 0.161 e. The van der Waals surface area contributed by atoms with Gasteiger partial charge in [-0.15, -0.1) is 0 Å². The molecule has 2 rings (SSSR count). The molecule has 2 nitrogen and oxygen atoms in total. The number of aryl methyl sites for hydroxylation is 1. The number of thioether (sulfide) groups is 1. The molecule has 0 spiro atoms. The summed E-state index contributed by atoms with van der Waals surface area (Å²) in [6, 6.07) is 6.86. The number of anilines is 1. The van der Waals surface area contributed by atoms with E-state index in [0.717, 1.165) is 21.8 Å². The first-order valence-electron chi connectivity index (χ1n) is 6.84. The minimum Gasteiger partial charge on any atom is -0.335 e. The van der Waals surface area contributed by atoms with Crippen LogP contribution < -0.4 is 5.32 Å². The number of nitrogens with zero attached hydrogens (tertiary/aromatic N) is 1. The monoisotopic (exact) mass is 340 g/mol. The van der Waals surface area contributed by atoms with Gasteiger partial charge >= 0.3 is 0 Å². The molecule has 1 heterocycles. The van der Waals surface area contributed by atoms with Gasteiger partial charge in [-0.3, -0.25) is 4.99 Å². The zero-order valence-electron chi connectivity index (χ0n) is 11.7. The third-order valence-electron chi connectivity index (χ3n) is 3.15. The number of hydrogen-bond acceptors (Lipinski definition) is 3. The van der Waals surface area contributed by atoms with Crippen molar-refractivity contribution in [3.05, 3.63) is 28.2 Å². The third kappa shape index (κ3) is 4.25. The number of hydrogen-bond donors (Lipinski definition) is 1. The van der Waals surface area contributed by atoms with E-state index in [4.69, 9.17) is 4.99 Å². The van der Waals surface area contributed by atoms with Gasteiger partial charge in [0.15, 0.2) is 5.17 Å². The van der Waals surface area contributed by atoms with Crippen LogP contribution in [0.1, 0.15) is 32.8 Å².